The Labute approximate surface area is 145 Å². The molecule has 2 saturated heterocycles. The van der Waals surface area contributed by atoms with Crippen molar-refractivity contribution in [1.82, 2.24) is 10.6 Å². The van der Waals surface area contributed by atoms with Gasteiger partial charge in [0.05, 0.1) is 30.6 Å². The number of hydrogen-bond acceptors (Lipinski definition) is 4. The standard InChI is InChI=1S/C18H32N2O4/c1-3-8-18(2,20-17(22)12-15-7-5-10-24-15)13-19-16(21)11-14-6-4-9-23-14/h14-15H,3-13H2,1-2H3,(H,19,21)(H,20,22)/t14-,15-,18+/m0/s1. The van der Waals surface area contributed by atoms with E-state index in [0.717, 1.165) is 51.7 Å². The van der Waals surface area contributed by atoms with Crippen molar-refractivity contribution in [2.45, 2.75) is 83.0 Å². The summed E-state index contributed by atoms with van der Waals surface area (Å²) in [6.45, 7) is 6.03. The number of rotatable bonds is 9. The highest BCUT2D eigenvalue weighted by molar-refractivity contribution is 5.78. The predicted molar refractivity (Wildman–Crippen MR) is 91.6 cm³/mol. The second-order valence-electron chi connectivity index (χ2n) is 7.31. The number of ether oxygens (including phenoxy) is 2. The highest BCUT2D eigenvalue weighted by Crippen LogP contribution is 2.18. The minimum absolute atomic E-state index is 0.00222. The van der Waals surface area contributed by atoms with Crippen LogP contribution in [0, 0.1) is 0 Å². The Kier molecular flexibility index (Phi) is 7.49. The molecule has 2 fully saturated rings. The summed E-state index contributed by atoms with van der Waals surface area (Å²) in [6.07, 6.45) is 6.65. The van der Waals surface area contributed by atoms with Crippen LogP contribution < -0.4 is 10.6 Å². The van der Waals surface area contributed by atoms with Crippen molar-refractivity contribution in [2.24, 2.45) is 0 Å². The normalized spacial score (nSPS) is 26.1. The molecule has 0 aromatic rings. The summed E-state index contributed by atoms with van der Waals surface area (Å²) in [7, 11) is 0. The molecule has 0 spiro atoms. The molecule has 2 aliphatic rings. The number of amides is 2. The minimum Gasteiger partial charge on any atom is -0.378 e. The van der Waals surface area contributed by atoms with Gasteiger partial charge in [0.1, 0.15) is 0 Å². The summed E-state index contributed by atoms with van der Waals surface area (Å²) in [5, 5.41) is 6.07. The van der Waals surface area contributed by atoms with Gasteiger partial charge >= 0.3 is 0 Å². The second kappa shape index (κ2) is 9.37. The lowest BCUT2D eigenvalue weighted by atomic mass is 9.95. The third-order valence-corrected chi connectivity index (χ3v) is 4.79. The van der Waals surface area contributed by atoms with Crippen molar-refractivity contribution >= 4 is 11.8 Å². The van der Waals surface area contributed by atoms with Gasteiger partial charge in [0.2, 0.25) is 11.8 Å². The van der Waals surface area contributed by atoms with E-state index in [9.17, 15) is 9.59 Å². The first kappa shape index (κ1) is 19.2. The zero-order valence-electron chi connectivity index (χ0n) is 15.1. The van der Waals surface area contributed by atoms with E-state index in [2.05, 4.69) is 17.6 Å². The van der Waals surface area contributed by atoms with Crippen molar-refractivity contribution in [3.05, 3.63) is 0 Å². The van der Waals surface area contributed by atoms with Crippen LogP contribution in [-0.2, 0) is 19.1 Å². The summed E-state index contributed by atoms with van der Waals surface area (Å²) >= 11 is 0. The van der Waals surface area contributed by atoms with Crippen LogP contribution in [-0.4, -0.2) is 49.3 Å². The van der Waals surface area contributed by atoms with Gasteiger partial charge in [0.15, 0.2) is 0 Å². The Morgan fingerprint density at radius 2 is 1.62 bits per heavy atom. The van der Waals surface area contributed by atoms with Crippen LogP contribution in [0.5, 0.6) is 0 Å². The summed E-state index contributed by atoms with van der Waals surface area (Å²) in [5.74, 6) is 0.00354. The molecule has 2 aliphatic heterocycles. The summed E-state index contributed by atoms with van der Waals surface area (Å²) in [4.78, 5) is 24.4. The van der Waals surface area contributed by atoms with Crippen LogP contribution in [0.25, 0.3) is 0 Å². The van der Waals surface area contributed by atoms with Gasteiger partial charge in [-0.3, -0.25) is 9.59 Å². The second-order valence-corrected chi connectivity index (χ2v) is 7.31. The molecule has 6 nitrogen and oxygen atoms in total. The molecule has 0 aromatic heterocycles. The lowest BCUT2D eigenvalue weighted by Gasteiger charge is -2.31. The van der Waals surface area contributed by atoms with E-state index in [1.165, 1.54) is 0 Å². The fraction of sp³-hybridized carbons (Fsp3) is 0.889. The van der Waals surface area contributed by atoms with Crippen LogP contribution in [0.4, 0.5) is 0 Å². The Morgan fingerprint density at radius 1 is 1.04 bits per heavy atom. The fourth-order valence-corrected chi connectivity index (χ4v) is 3.52. The van der Waals surface area contributed by atoms with E-state index >= 15 is 0 Å². The van der Waals surface area contributed by atoms with Crippen LogP contribution in [0.3, 0.4) is 0 Å². The summed E-state index contributed by atoms with van der Waals surface area (Å²) in [6, 6.07) is 0. The maximum Gasteiger partial charge on any atom is 0.223 e. The molecule has 0 radical (unpaired) electrons. The quantitative estimate of drug-likeness (QED) is 0.672. The highest BCUT2D eigenvalue weighted by atomic mass is 16.5. The molecule has 2 N–H and O–H groups in total. The van der Waals surface area contributed by atoms with Gasteiger partial charge in [-0.1, -0.05) is 13.3 Å². The van der Waals surface area contributed by atoms with Gasteiger partial charge in [-0.15, -0.1) is 0 Å². The molecule has 3 atom stereocenters. The predicted octanol–water partition coefficient (Wildman–Crippen LogP) is 1.92. The molecule has 2 heterocycles. The van der Waals surface area contributed by atoms with Gasteiger partial charge in [-0.25, -0.2) is 0 Å². The van der Waals surface area contributed by atoms with E-state index in [4.69, 9.17) is 9.47 Å². The van der Waals surface area contributed by atoms with Crippen molar-refractivity contribution < 1.29 is 19.1 Å². The lowest BCUT2D eigenvalue weighted by molar-refractivity contribution is -0.127. The van der Waals surface area contributed by atoms with Crippen LogP contribution in [0.15, 0.2) is 0 Å². The van der Waals surface area contributed by atoms with E-state index in [-0.39, 0.29) is 24.0 Å². The average molecular weight is 340 g/mol. The molecular weight excluding hydrogens is 308 g/mol. The van der Waals surface area contributed by atoms with Crippen molar-refractivity contribution in [1.29, 1.82) is 0 Å². The Bertz CT molecular complexity index is 417. The topological polar surface area (TPSA) is 76.7 Å². The molecule has 24 heavy (non-hydrogen) atoms. The maximum absolute atomic E-state index is 12.3. The van der Waals surface area contributed by atoms with Gasteiger partial charge < -0.3 is 20.1 Å². The SMILES string of the molecule is CCC[C@](C)(CNC(=O)C[C@@H]1CCCO1)NC(=O)C[C@@H]1CCCO1. The largest absolute Gasteiger partial charge is 0.378 e. The van der Waals surface area contributed by atoms with Crippen LogP contribution >= 0.6 is 0 Å². The van der Waals surface area contributed by atoms with Crippen molar-refractivity contribution in [2.75, 3.05) is 19.8 Å². The fourth-order valence-electron chi connectivity index (χ4n) is 3.52. The van der Waals surface area contributed by atoms with Gasteiger partial charge in [-0.2, -0.15) is 0 Å². The first-order valence-electron chi connectivity index (χ1n) is 9.31. The molecule has 0 bridgehead atoms. The molecule has 0 saturated carbocycles. The summed E-state index contributed by atoms with van der Waals surface area (Å²) in [5.41, 5.74) is -0.420. The van der Waals surface area contributed by atoms with E-state index in [1.54, 1.807) is 0 Å². The number of hydrogen-bond donors (Lipinski definition) is 2. The Hall–Kier alpha value is -1.14. The van der Waals surface area contributed by atoms with Gasteiger partial charge in [0.25, 0.3) is 0 Å². The lowest BCUT2D eigenvalue weighted by Crippen LogP contribution is -2.54. The molecule has 0 aliphatic carbocycles. The van der Waals surface area contributed by atoms with E-state index in [0.29, 0.717) is 19.4 Å². The number of nitrogens with one attached hydrogen (secondary N) is 2. The van der Waals surface area contributed by atoms with Crippen molar-refractivity contribution in [3.8, 4) is 0 Å². The Morgan fingerprint density at radius 3 is 2.12 bits per heavy atom. The zero-order chi connectivity index (χ0) is 17.4. The molecule has 2 rings (SSSR count). The first-order chi connectivity index (χ1) is 11.5. The maximum atomic E-state index is 12.3. The highest BCUT2D eigenvalue weighted by Gasteiger charge is 2.29. The molecular formula is C18H32N2O4. The van der Waals surface area contributed by atoms with Gasteiger partial charge in [0, 0.05) is 19.8 Å². The molecule has 0 aromatic carbocycles. The average Bonchev–Trinajstić information content (AvgIpc) is 3.19. The first-order valence-corrected chi connectivity index (χ1v) is 9.31. The molecule has 138 valence electrons. The minimum atomic E-state index is -0.420. The smallest absolute Gasteiger partial charge is 0.223 e. The van der Waals surface area contributed by atoms with E-state index < -0.39 is 5.54 Å². The molecule has 6 heteroatoms. The molecule has 0 unspecified atom stereocenters. The number of carbonyl (C=O) groups is 2. The van der Waals surface area contributed by atoms with Crippen LogP contribution in [0.1, 0.15) is 65.2 Å². The van der Waals surface area contributed by atoms with Crippen molar-refractivity contribution in [3.63, 3.8) is 0 Å². The third kappa shape index (κ3) is 6.40. The van der Waals surface area contributed by atoms with Gasteiger partial charge in [-0.05, 0) is 39.0 Å². The summed E-state index contributed by atoms with van der Waals surface area (Å²) < 4.78 is 11.0. The van der Waals surface area contributed by atoms with E-state index in [1.807, 2.05) is 6.92 Å². The monoisotopic (exact) mass is 340 g/mol. The molecule has 2 amide bonds. The third-order valence-electron chi connectivity index (χ3n) is 4.79. The van der Waals surface area contributed by atoms with Crippen LogP contribution in [0.2, 0.25) is 0 Å². The Balaban J connectivity index is 1.76. The zero-order valence-corrected chi connectivity index (χ0v) is 15.1. The number of carbonyl (C=O) groups excluding carboxylic acids is 2.